The average Bonchev–Trinajstić information content (AvgIpc) is 2.65. The average molecular weight is 332 g/mol. The summed E-state index contributed by atoms with van der Waals surface area (Å²) in [5, 5.41) is 5.62. The van der Waals surface area contributed by atoms with Crippen molar-refractivity contribution in [1.29, 1.82) is 0 Å². The van der Waals surface area contributed by atoms with Crippen LogP contribution in [0.15, 0.2) is 78.9 Å². The second kappa shape index (κ2) is 8.02. The third-order valence-corrected chi connectivity index (χ3v) is 3.71. The van der Waals surface area contributed by atoms with Gasteiger partial charge in [0, 0.05) is 11.4 Å². The highest BCUT2D eigenvalue weighted by molar-refractivity contribution is 5.99. The van der Waals surface area contributed by atoms with E-state index in [-0.39, 0.29) is 6.03 Å². The molecule has 3 aromatic rings. The summed E-state index contributed by atoms with van der Waals surface area (Å²) in [6.07, 6.45) is 0.976. The van der Waals surface area contributed by atoms with E-state index < -0.39 is 0 Å². The molecule has 4 nitrogen and oxygen atoms in total. The largest absolute Gasteiger partial charge is 0.457 e. The third kappa shape index (κ3) is 4.85. The van der Waals surface area contributed by atoms with E-state index in [1.807, 2.05) is 66.7 Å². The van der Waals surface area contributed by atoms with Crippen LogP contribution in [-0.4, -0.2) is 6.03 Å². The zero-order valence-electron chi connectivity index (χ0n) is 14.0. The highest BCUT2D eigenvalue weighted by atomic mass is 16.5. The molecule has 0 bridgehead atoms. The van der Waals surface area contributed by atoms with Crippen molar-refractivity contribution >= 4 is 17.4 Å². The second-order valence-electron chi connectivity index (χ2n) is 5.57. The van der Waals surface area contributed by atoms with Gasteiger partial charge >= 0.3 is 6.03 Å². The zero-order valence-corrected chi connectivity index (χ0v) is 14.0. The number of hydrogen-bond acceptors (Lipinski definition) is 2. The van der Waals surface area contributed by atoms with Gasteiger partial charge in [-0.25, -0.2) is 4.79 Å². The molecule has 3 rings (SSSR count). The van der Waals surface area contributed by atoms with Gasteiger partial charge in [0.2, 0.25) is 0 Å². The first-order chi connectivity index (χ1) is 12.2. The molecule has 0 atom stereocenters. The van der Waals surface area contributed by atoms with Crippen LogP contribution in [0.4, 0.5) is 16.2 Å². The van der Waals surface area contributed by atoms with E-state index in [4.69, 9.17) is 4.74 Å². The minimum absolute atomic E-state index is 0.277. The lowest BCUT2D eigenvalue weighted by Gasteiger charge is -2.09. The summed E-state index contributed by atoms with van der Waals surface area (Å²) in [6, 6.07) is 24.3. The van der Waals surface area contributed by atoms with Gasteiger partial charge in [-0.05, 0) is 60.5 Å². The maximum atomic E-state index is 12.1. The van der Waals surface area contributed by atoms with Crippen LogP contribution in [-0.2, 0) is 6.42 Å². The lowest BCUT2D eigenvalue weighted by atomic mass is 10.1. The molecule has 0 unspecified atom stereocenters. The van der Waals surface area contributed by atoms with Gasteiger partial charge in [0.1, 0.15) is 11.5 Å². The van der Waals surface area contributed by atoms with E-state index in [9.17, 15) is 4.79 Å². The summed E-state index contributed by atoms with van der Waals surface area (Å²) < 4.78 is 5.73. The summed E-state index contributed by atoms with van der Waals surface area (Å²) in [4.78, 5) is 12.1. The Hall–Kier alpha value is -3.27. The molecule has 0 fully saturated rings. The SMILES string of the molecule is CCc1ccc(NC(=O)Nc2ccc(Oc3ccccc3)cc2)cc1. The van der Waals surface area contributed by atoms with E-state index in [2.05, 4.69) is 17.6 Å². The number of amides is 2. The Kier molecular flexibility index (Phi) is 5.32. The molecule has 0 saturated heterocycles. The second-order valence-corrected chi connectivity index (χ2v) is 5.57. The van der Waals surface area contributed by atoms with E-state index in [0.29, 0.717) is 11.4 Å². The Morgan fingerprint density at radius 1 is 0.760 bits per heavy atom. The number of carbonyl (C=O) groups is 1. The fourth-order valence-electron chi connectivity index (χ4n) is 2.35. The van der Waals surface area contributed by atoms with E-state index >= 15 is 0 Å². The molecule has 0 spiro atoms. The molecule has 2 amide bonds. The fourth-order valence-corrected chi connectivity index (χ4v) is 2.35. The Morgan fingerprint density at radius 3 is 1.84 bits per heavy atom. The van der Waals surface area contributed by atoms with Crippen LogP contribution < -0.4 is 15.4 Å². The first-order valence-corrected chi connectivity index (χ1v) is 8.23. The van der Waals surface area contributed by atoms with Crippen LogP contribution in [0.1, 0.15) is 12.5 Å². The molecular formula is C21H20N2O2. The molecule has 2 N–H and O–H groups in total. The summed E-state index contributed by atoms with van der Waals surface area (Å²) in [6.45, 7) is 2.10. The lowest BCUT2D eigenvalue weighted by Crippen LogP contribution is -2.19. The van der Waals surface area contributed by atoms with E-state index in [0.717, 1.165) is 17.9 Å². The predicted molar refractivity (Wildman–Crippen MR) is 101 cm³/mol. The number of benzene rings is 3. The molecule has 0 aliphatic heterocycles. The van der Waals surface area contributed by atoms with Gasteiger partial charge in [0.15, 0.2) is 0 Å². The Balaban J connectivity index is 1.56. The molecule has 0 radical (unpaired) electrons. The standard InChI is InChI=1S/C21H20N2O2/c1-2-16-8-10-17(11-9-16)22-21(24)23-18-12-14-20(15-13-18)25-19-6-4-3-5-7-19/h3-15H,2H2,1H3,(H2,22,23,24). The number of rotatable bonds is 5. The zero-order chi connectivity index (χ0) is 17.5. The van der Waals surface area contributed by atoms with Crippen molar-refractivity contribution in [2.75, 3.05) is 10.6 Å². The number of nitrogens with one attached hydrogen (secondary N) is 2. The molecule has 4 heteroatoms. The molecule has 0 heterocycles. The van der Waals surface area contributed by atoms with Crippen LogP contribution in [0, 0.1) is 0 Å². The summed E-state index contributed by atoms with van der Waals surface area (Å²) in [7, 11) is 0. The smallest absolute Gasteiger partial charge is 0.323 e. The molecule has 0 aliphatic rings. The van der Waals surface area contributed by atoms with Crippen molar-refractivity contribution < 1.29 is 9.53 Å². The molecule has 25 heavy (non-hydrogen) atoms. The molecule has 0 aromatic heterocycles. The van der Waals surface area contributed by atoms with Crippen molar-refractivity contribution in [3.05, 3.63) is 84.4 Å². The van der Waals surface area contributed by atoms with Gasteiger partial charge in [-0.1, -0.05) is 37.3 Å². The van der Waals surface area contributed by atoms with Crippen molar-refractivity contribution in [2.24, 2.45) is 0 Å². The maximum absolute atomic E-state index is 12.1. The van der Waals surface area contributed by atoms with Crippen LogP contribution in [0.25, 0.3) is 0 Å². The first kappa shape index (κ1) is 16.6. The van der Waals surface area contributed by atoms with E-state index in [1.54, 1.807) is 12.1 Å². The lowest BCUT2D eigenvalue weighted by molar-refractivity contribution is 0.262. The summed E-state index contributed by atoms with van der Waals surface area (Å²) in [5.41, 5.74) is 2.70. The number of carbonyl (C=O) groups excluding carboxylic acids is 1. The number of aryl methyl sites for hydroxylation is 1. The van der Waals surface area contributed by atoms with E-state index in [1.165, 1.54) is 5.56 Å². The monoisotopic (exact) mass is 332 g/mol. The number of urea groups is 1. The fraction of sp³-hybridized carbons (Fsp3) is 0.0952. The number of anilines is 2. The van der Waals surface area contributed by atoms with Crippen LogP contribution >= 0.6 is 0 Å². The summed E-state index contributed by atoms with van der Waals surface area (Å²) >= 11 is 0. The van der Waals surface area contributed by atoms with Gasteiger partial charge in [0.05, 0.1) is 0 Å². The maximum Gasteiger partial charge on any atom is 0.323 e. The molecule has 3 aromatic carbocycles. The van der Waals surface area contributed by atoms with Crippen LogP contribution in [0.2, 0.25) is 0 Å². The molecule has 0 saturated carbocycles. The highest BCUT2D eigenvalue weighted by Crippen LogP contribution is 2.22. The predicted octanol–water partition coefficient (Wildman–Crippen LogP) is 5.69. The minimum atomic E-state index is -0.277. The normalized spacial score (nSPS) is 10.1. The molecule has 0 aliphatic carbocycles. The topological polar surface area (TPSA) is 50.4 Å². The Bertz CT molecular complexity index is 813. The van der Waals surface area contributed by atoms with Gasteiger partial charge in [-0.15, -0.1) is 0 Å². The third-order valence-electron chi connectivity index (χ3n) is 3.71. The number of ether oxygens (including phenoxy) is 1. The van der Waals surface area contributed by atoms with Crippen LogP contribution in [0.5, 0.6) is 11.5 Å². The number of para-hydroxylation sites is 1. The van der Waals surface area contributed by atoms with Gasteiger partial charge < -0.3 is 15.4 Å². The van der Waals surface area contributed by atoms with Gasteiger partial charge in [-0.3, -0.25) is 0 Å². The summed E-state index contributed by atoms with van der Waals surface area (Å²) in [5.74, 6) is 1.49. The van der Waals surface area contributed by atoms with Crippen molar-refractivity contribution in [1.82, 2.24) is 0 Å². The highest BCUT2D eigenvalue weighted by Gasteiger charge is 2.03. The first-order valence-electron chi connectivity index (χ1n) is 8.23. The van der Waals surface area contributed by atoms with Crippen molar-refractivity contribution in [2.45, 2.75) is 13.3 Å². The Labute approximate surface area is 147 Å². The van der Waals surface area contributed by atoms with Crippen molar-refractivity contribution in [3.63, 3.8) is 0 Å². The van der Waals surface area contributed by atoms with Gasteiger partial charge in [0.25, 0.3) is 0 Å². The Morgan fingerprint density at radius 2 is 1.28 bits per heavy atom. The molecular weight excluding hydrogens is 312 g/mol. The van der Waals surface area contributed by atoms with Crippen LogP contribution in [0.3, 0.4) is 0 Å². The van der Waals surface area contributed by atoms with Gasteiger partial charge in [-0.2, -0.15) is 0 Å². The minimum Gasteiger partial charge on any atom is -0.457 e. The van der Waals surface area contributed by atoms with Crippen molar-refractivity contribution in [3.8, 4) is 11.5 Å². The quantitative estimate of drug-likeness (QED) is 0.631. The molecule has 126 valence electrons. The number of hydrogen-bond donors (Lipinski definition) is 2.